The second-order valence-electron chi connectivity index (χ2n) is 4.94. The third kappa shape index (κ3) is 2.14. The molecule has 1 aliphatic rings. The molecule has 0 aliphatic heterocycles. The summed E-state index contributed by atoms with van der Waals surface area (Å²) >= 11 is 0. The van der Waals surface area contributed by atoms with E-state index in [0.717, 1.165) is 25.3 Å². The Morgan fingerprint density at radius 2 is 1.94 bits per heavy atom. The molecule has 1 aromatic carbocycles. The van der Waals surface area contributed by atoms with Crippen molar-refractivity contribution < 1.29 is 13.5 Å². The minimum atomic E-state index is -2.92. The smallest absolute Gasteiger partial charge is 0.274 e. The SMILES string of the molecule is COc1c(C(C)(F)F)cc(C)cc1C1(N)CC1. The van der Waals surface area contributed by atoms with Gasteiger partial charge in [-0.25, -0.2) is 8.78 Å². The van der Waals surface area contributed by atoms with Crippen LogP contribution < -0.4 is 10.5 Å². The second-order valence-corrected chi connectivity index (χ2v) is 4.94. The van der Waals surface area contributed by atoms with E-state index in [9.17, 15) is 8.78 Å². The first-order chi connectivity index (χ1) is 7.78. The van der Waals surface area contributed by atoms with Gasteiger partial charge in [0, 0.05) is 18.0 Å². The Hall–Kier alpha value is -1.16. The fraction of sp³-hybridized carbons (Fsp3) is 0.538. The van der Waals surface area contributed by atoms with E-state index in [0.29, 0.717) is 5.56 Å². The summed E-state index contributed by atoms with van der Waals surface area (Å²) in [5, 5.41) is 0. The molecule has 17 heavy (non-hydrogen) atoms. The van der Waals surface area contributed by atoms with Gasteiger partial charge in [-0.2, -0.15) is 0 Å². The predicted molar refractivity (Wildman–Crippen MR) is 62.4 cm³/mol. The molecule has 0 heterocycles. The monoisotopic (exact) mass is 241 g/mol. The molecule has 2 N–H and O–H groups in total. The van der Waals surface area contributed by atoms with Gasteiger partial charge in [0.15, 0.2) is 0 Å². The van der Waals surface area contributed by atoms with Crippen molar-refractivity contribution in [2.24, 2.45) is 5.73 Å². The van der Waals surface area contributed by atoms with Crippen LogP contribution in [0.5, 0.6) is 5.75 Å². The van der Waals surface area contributed by atoms with Crippen LogP contribution in [0.4, 0.5) is 8.78 Å². The highest BCUT2D eigenvalue weighted by molar-refractivity contribution is 5.51. The zero-order chi connectivity index (χ0) is 12.8. The van der Waals surface area contributed by atoms with Crippen LogP contribution in [-0.4, -0.2) is 7.11 Å². The summed E-state index contributed by atoms with van der Waals surface area (Å²) in [6, 6.07) is 3.31. The average molecular weight is 241 g/mol. The quantitative estimate of drug-likeness (QED) is 0.882. The second kappa shape index (κ2) is 3.67. The molecular weight excluding hydrogens is 224 g/mol. The van der Waals surface area contributed by atoms with E-state index in [1.807, 2.05) is 6.07 Å². The van der Waals surface area contributed by atoms with E-state index in [-0.39, 0.29) is 11.3 Å². The molecule has 0 amide bonds. The van der Waals surface area contributed by atoms with Crippen LogP contribution in [-0.2, 0) is 11.5 Å². The summed E-state index contributed by atoms with van der Waals surface area (Å²) in [7, 11) is 1.41. The zero-order valence-corrected chi connectivity index (χ0v) is 10.3. The first kappa shape index (κ1) is 12.3. The number of benzene rings is 1. The first-order valence-electron chi connectivity index (χ1n) is 5.64. The number of hydrogen-bond donors (Lipinski definition) is 1. The lowest BCUT2D eigenvalue weighted by Crippen LogP contribution is -2.22. The highest BCUT2D eigenvalue weighted by atomic mass is 19.3. The van der Waals surface area contributed by atoms with Crippen molar-refractivity contribution in [1.29, 1.82) is 0 Å². The van der Waals surface area contributed by atoms with E-state index in [4.69, 9.17) is 10.5 Å². The molecule has 0 spiro atoms. The van der Waals surface area contributed by atoms with Gasteiger partial charge in [0.05, 0.1) is 12.7 Å². The van der Waals surface area contributed by atoms with Gasteiger partial charge in [0.25, 0.3) is 5.92 Å². The highest BCUT2D eigenvalue weighted by Crippen LogP contribution is 2.49. The number of aryl methyl sites for hydroxylation is 1. The summed E-state index contributed by atoms with van der Waals surface area (Å²) in [6.07, 6.45) is 1.64. The molecule has 2 nitrogen and oxygen atoms in total. The van der Waals surface area contributed by atoms with Gasteiger partial charge in [-0.05, 0) is 25.8 Å². The van der Waals surface area contributed by atoms with Crippen LogP contribution >= 0.6 is 0 Å². The predicted octanol–water partition coefficient (Wildman–Crippen LogP) is 3.06. The lowest BCUT2D eigenvalue weighted by Gasteiger charge is -2.22. The van der Waals surface area contributed by atoms with Crippen molar-refractivity contribution in [2.45, 2.75) is 38.2 Å². The van der Waals surface area contributed by atoms with Crippen LogP contribution in [0.3, 0.4) is 0 Å². The maximum Gasteiger partial charge on any atom is 0.274 e. The normalized spacial score (nSPS) is 18.0. The molecule has 1 aliphatic carbocycles. The van der Waals surface area contributed by atoms with Crippen molar-refractivity contribution in [3.8, 4) is 5.75 Å². The first-order valence-corrected chi connectivity index (χ1v) is 5.64. The Balaban J connectivity index is 2.64. The number of alkyl halides is 2. The van der Waals surface area contributed by atoms with Gasteiger partial charge in [-0.3, -0.25) is 0 Å². The van der Waals surface area contributed by atoms with Gasteiger partial charge in [-0.15, -0.1) is 0 Å². The molecule has 0 aromatic heterocycles. The van der Waals surface area contributed by atoms with Crippen molar-refractivity contribution in [3.63, 3.8) is 0 Å². The summed E-state index contributed by atoms with van der Waals surface area (Å²) in [5.41, 5.74) is 7.04. The molecule has 0 unspecified atom stereocenters. The molecule has 94 valence electrons. The standard InChI is InChI=1S/C13H17F2NO/c1-8-6-9(12(2,14)15)11(17-3)10(7-8)13(16)4-5-13/h6-7H,4-5,16H2,1-3H3. The largest absolute Gasteiger partial charge is 0.496 e. The van der Waals surface area contributed by atoms with Crippen LogP contribution in [0.25, 0.3) is 0 Å². The van der Waals surface area contributed by atoms with Crippen molar-refractivity contribution >= 4 is 0 Å². The molecule has 0 radical (unpaired) electrons. The number of hydrogen-bond acceptors (Lipinski definition) is 2. The van der Waals surface area contributed by atoms with Crippen LogP contribution in [0.2, 0.25) is 0 Å². The minimum absolute atomic E-state index is 0.0771. The lowest BCUT2D eigenvalue weighted by atomic mass is 9.95. The minimum Gasteiger partial charge on any atom is -0.496 e. The fourth-order valence-corrected chi connectivity index (χ4v) is 2.09. The molecule has 2 rings (SSSR count). The van der Waals surface area contributed by atoms with Crippen LogP contribution in [0.1, 0.15) is 36.5 Å². The molecule has 4 heteroatoms. The third-order valence-electron chi connectivity index (χ3n) is 3.24. The Morgan fingerprint density at radius 1 is 1.35 bits per heavy atom. The highest BCUT2D eigenvalue weighted by Gasteiger charge is 2.44. The maximum atomic E-state index is 13.5. The van der Waals surface area contributed by atoms with E-state index in [2.05, 4.69) is 0 Å². The molecule has 1 fully saturated rings. The van der Waals surface area contributed by atoms with Crippen molar-refractivity contribution in [3.05, 3.63) is 28.8 Å². The van der Waals surface area contributed by atoms with Crippen molar-refractivity contribution in [2.75, 3.05) is 7.11 Å². The molecular formula is C13H17F2NO. The fourth-order valence-electron chi connectivity index (χ4n) is 2.09. The number of halogens is 2. The van der Waals surface area contributed by atoms with Gasteiger partial charge < -0.3 is 10.5 Å². The summed E-state index contributed by atoms with van der Waals surface area (Å²) < 4.78 is 32.3. The topological polar surface area (TPSA) is 35.2 Å². The summed E-state index contributed by atoms with van der Waals surface area (Å²) in [6.45, 7) is 2.67. The molecule has 0 saturated heterocycles. The van der Waals surface area contributed by atoms with Crippen molar-refractivity contribution in [1.82, 2.24) is 0 Å². The third-order valence-corrected chi connectivity index (χ3v) is 3.24. The number of ether oxygens (including phenoxy) is 1. The lowest BCUT2D eigenvalue weighted by molar-refractivity contribution is 0.0148. The summed E-state index contributed by atoms with van der Waals surface area (Å²) in [4.78, 5) is 0. The van der Waals surface area contributed by atoms with E-state index < -0.39 is 11.5 Å². The van der Waals surface area contributed by atoms with Gasteiger partial charge in [0.2, 0.25) is 0 Å². The molecule has 1 aromatic rings. The zero-order valence-electron chi connectivity index (χ0n) is 10.3. The number of methoxy groups -OCH3 is 1. The van der Waals surface area contributed by atoms with E-state index in [1.54, 1.807) is 6.92 Å². The van der Waals surface area contributed by atoms with E-state index >= 15 is 0 Å². The van der Waals surface area contributed by atoms with Gasteiger partial charge >= 0.3 is 0 Å². The molecule has 1 saturated carbocycles. The number of nitrogens with two attached hydrogens (primary N) is 1. The maximum absolute atomic E-state index is 13.5. The Bertz CT molecular complexity index is 421. The van der Waals surface area contributed by atoms with Crippen LogP contribution in [0, 0.1) is 6.92 Å². The number of rotatable bonds is 3. The van der Waals surface area contributed by atoms with E-state index in [1.165, 1.54) is 13.2 Å². The van der Waals surface area contributed by atoms with Gasteiger partial charge in [-0.1, -0.05) is 11.6 Å². The average Bonchev–Trinajstić information content (AvgIpc) is 2.95. The van der Waals surface area contributed by atoms with Crippen LogP contribution in [0.15, 0.2) is 12.1 Å². The van der Waals surface area contributed by atoms with Gasteiger partial charge in [0.1, 0.15) is 5.75 Å². The Kier molecular flexibility index (Phi) is 2.65. The Labute approximate surface area is 99.8 Å². The molecule has 0 bridgehead atoms. The summed E-state index contributed by atoms with van der Waals surface area (Å²) in [5.74, 6) is -2.68. The Morgan fingerprint density at radius 3 is 2.35 bits per heavy atom. The molecule has 0 atom stereocenters.